The largest absolute Gasteiger partial charge is 0.416 e. The zero-order chi connectivity index (χ0) is 23.2. The molecule has 1 atom stereocenters. The van der Waals surface area contributed by atoms with Crippen molar-refractivity contribution in [1.82, 2.24) is 9.97 Å². The maximum absolute atomic E-state index is 13.4. The Morgan fingerprint density at radius 1 is 1.12 bits per heavy atom. The molecule has 1 aromatic heterocycles. The molecule has 1 amide bonds. The SMILES string of the molecule is CC(=O)Nc1cc([C@@H](C)Nc2nc(C)nc3c4c(c(N)cc23)CCC4)cc(C(F)(F)F)c1. The summed E-state index contributed by atoms with van der Waals surface area (Å²) in [7, 11) is 0. The summed E-state index contributed by atoms with van der Waals surface area (Å²) >= 11 is 0. The Balaban J connectivity index is 1.77. The van der Waals surface area contributed by atoms with Crippen molar-refractivity contribution in [3.05, 3.63) is 52.3 Å². The molecule has 3 aromatic rings. The molecule has 0 aliphatic heterocycles. The number of benzene rings is 2. The number of hydrogen-bond donors (Lipinski definition) is 3. The molecule has 1 aliphatic rings. The number of nitrogens with zero attached hydrogens (tertiary/aromatic N) is 2. The molecule has 2 aromatic carbocycles. The highest BCUT2D eigenvalue weighted by Crippen LogP contribution is 2.38. The van der Waals surface area contributed by atoms with Crippen molar-refractivity contribution in [3.63, 3.8) is 0 Å². The van der Waals surface area contributed by atoms with Crippen LogP contribution in [0.1, 0.15) is 54.4 Å². The first-order valence-corrected chi connectivity index (χ1v) is 10.4. The number of anilines is 3. The van der Waals surface area contributed by atoms with Crippen LogP contribution in [-0.4, -0.2) is 15.9 Å². The van der Waals surface area contributed by atoms with E-state index in [-0.39, 0.29) is 5.69 Å². The lowest BCUT2D eigenvalue weighted by molar-refractivity contribution is -0.137. The van der Waals surface area contributed by atoms with E-state index in [0.717, 1.165) is 53.4 Å². The number of nitrogens with one attached hydrogen (secondary N) is 2. The van der Waals surface area contributed by atoms with Crippen LogP contribution in [0.2, 0.25) is 0 Å². The van der Waals surface area contributed by atoms with Crippen LogP contribution in [0.4, 0.5) is 30.4 Å². The first-order valence-electron chi connectivity index (χ1n) is 10.4. The fraction of sp³-hybridized carbons (Fsp3) is 0.348. The van der Waals surface area contributed by atoms with Crippen molar-refractivity contribution in [2.75, 3.05) is 16.4 Å². The summed E-state index contributed by atoms with van der Waals surface area (Å²) in [6.07, 6.45) is -1.74. The van der Waals surface area contributed by atoms with Crippen molar-refractivity contribution < 1.29 is 18.0 Å². The summed E-state index contributed by atoms with van der Waals surface area (Å²) in [6, 6.07) is 4.83. The molecule has 4 N–H and O–H groups in total. The first kappa shape index (κ1) is 21.9. The Morgan fingerprint density at radius 3 is 2.53 bits per heavy atom. The standard InChI is InChI=1S/C23H24F3N5O/c1-11(14-7-15(23(24,25)26)9-16(8-14)31-13(3)32)28-22-19-10-20(27)17-5-4-6-18(17)21(19)29-12(2)30-22/h7-11H,4-6,27H2,1-3H3,(H,31,32)(H,28,29,30)/t11-/m1/s1. The highest BCUT2D eigenvalue weighted by molar-refractivity contribution is 5.95. The Hall–Kier alpha value is -3.36. The summed E-state index contributed by atoms with van der Waals surface area (Å²) in [5.74, 6) is 0.631. The Bertz CT molecular complexity index is 1220. The van der Waals surface area contributed by atoms with Gasteiger partial charge in [-0.3, -0.25) is 4.79 Å². The Morgan fingerprint density at radius 2 is 1.84 bits per heavy atom. The summed E-state index contributed by atoms with van der Waals surface area (Å²) in [5.41, 5.74) is 9.63. The molecule has 32 heavy (non-hydrogen) atoms. The molecule has 4 rings (SSSR count). The molecule has 6 nitrogen and oxygen atoms in total. The molecule has 168 valence electrons. The van der Waals surface area contributed by atoms with Gasteiger partial charge in [0.25, 0.3) is 0 Å². The maximum atomic E-state index is 13.4. The summed E-state index contributed by atoms with van der Waals surface area (Å²) in [4.78, 5) is 20.5. The van der Waals surface area contributed by atoms with E-state index < -0.39 is 23.7 Å². The number of rotatable bonds is 4. The van der Waals surface area contributed by atoms with Crippen LogP contribution in [-0.2, 0) is 23.8 Å². The number of nitrogen functional groups attached to an aromatic ring is 1. The van der Waals surface area contributed by atoms with Crippen LogP contribution in [0, 0.1) is 6.92 Å². The van der Waals surface area contributed by atoms with Crippen LogP contribution in [0.5, 0.6) is 0 Å². The minimum atomic E-state index is -4.55. The van der Waals surface area contributed by atoms with Gasteiger partial charge in [-0.15, -0.1) is 0 Å². The van der Waals surface area contributed by atoms with Crippen LogP contribution in [0.15, 0.2) is 24.3 Å². The van der Waals surface area contributed by atoms with Gasteiger partial charge in [0.15, 0.2) is 0 Å². The lowest BCUT2D eigenvalue weighted by Crippen LogP contribution is -2.14. The molecule has 0 saturated heterocycles. The second-order valence-corrected chi connectivity index (χ2v) is 8.18. The second-order valence-electron chi connectivity index (χ2n) is 8.18. The van der Waals surface area contributed by atoms with E-state index in [1.54, 1.807) is 13.8 Å². The highest BCUT2D eigenvalue weighted by atomic mass is 19.4. The van der Waals surface area contributed by atoms with Crippen molar-refractivity contribution in [3.8, 4) is 0 Å². The van der Waals surface area contributed by atoms with Crippen molar-refractivity contribution in [1.29, 1.82) is 0 Å². The third-order valence-electron chi connectivity index (χ3n) is 5.67. The third kappa shape index (κ3) is 4.19. The fourth-order valence-corrected chi connectivity index (χ4v) is 4.25. The first-order chi connectivity index (χ1) is 15.0. The van der Waals surface area contributed by atoms with Gasteiger partial charge in [-0.2, -0.15) is 13.2 Å². The number of hydrogen-bond acceptors (Lipinski definition) is 5. The van der Waals surface area contributed by atoms with E-state index in [4.69, 9.17) is 5.73 Å². The molecule has 0 fully saturated rings. The van der Waals surface area contributed by atoms with E-state index >= 15 is 0 Å². The smallest absolute Gasteiger partial charge is 0.398 e. The molecule has 0 bridgehead atoms. The zero-order valence-corrected chi connectivity index (χ0v) is 18.0. The lowest BCUT2D eigenvalue weighted by atomic mass is 10.0. The van der Waals surface area contributed by atoms with Gasteiger partial charge in [-0.1, -0.05) is 0 Å². The zero-order valence-electron chi connectivity index (χ0n) is 18.0. The minimum absolute atomic E-state index is 0.0850. The van der Waals surface area contributed by atoms with Crippen molar-refractivity contribution in [2.45, 2.75) is 52.3 Å². The van der Waals surface area contributed by atoms with Crippen molar-refractivity contribution in [2.24, 2.45) is 0 Å². The van der Waals surface area contributed by atoms with E-state index in [1.165, 1.54) is 13.0 Å². The van der Waals surface area contributed by atoms with Gasteiger partial charge in [0.05, 0.1) is 17.1 Å². The van der Waals surface area contributed by atoms with Crippen LogP contribution >= 0.6 is 0 Å². The number of halogens is 3. The Labute approximate surface area is 183 Å². The average Bonchev–Trinajstić information content (AvgIpc) is 3.18. The normalized spacial score (nSPS) is 14.3. The van der Waals surface area contributed by atoms with Gasteiger partial charge in [0.1, 0.15) is 11.6 Å². The Kier molecular flexibility index (Phi) is 5.44. The summed E-state index contributed by atoms with van der Waals surface area (Å²) in [6.45, 7) is 4.78. The predicted octanol–water partition coefficient (Wildman–Crippen LogP) is 5.16. The molecular formula is C23H24F3N5O. The summed E-state index contributed by atoms with van der Waals surface area (Å²) < 4.78 is 40.3. The van der Waals surface area contributed by atoms with Crippen LogP contribution in [0.25, 0.3) is 10.9 Å². The number of carbonyl (C=O) groups excluding carboxylic acids is 1. The molecule has 0 spiro atoms. The number of carbonyl (C=O) groups is 1. The van der Waals surface area contributed by atoms with Gasteiger partial charge in [0, 0.05) is 23.7 Å². The number of aromatic nitrogens is 2. The van der Waals surface area contributed by atoms with Gasteiger partial charge in [-0.05, 0) is 74.1 Å². The summed E-state index contributed by atoms with van der Waals surface area (Å²) in [5, 5.41) is 6.42. The topological polar surface area (TPSA) is 92.9 Å². The maximum Gasteiger partial charge on any atom is 0.416 e. The number of amides is 1. The van der Waals surface area contributed by atoms with Crippen molar-refractivity contribution >= 4 is 34.0 Å². The number of fused-ring (bicyclic) bond motifs is 3. The predicted molar refractivity (Wildman–Crippen MR) is 118 cm³/mol. The van der Waals surface area contributed by atoms with E-state index in [1.807, 2.05) is 6.07 Å². The minimum Gasteiger partial charge on any atom is -0.398 e. The monoisotopic (exact) mass is 443 g/mol. The van der Waals surface area contributed by atoms with Gasteiger partial charge >= 0.3 is 6.18 Å². The number of aryl methyl sites for hydroxylation is 2. The van der Waals surface area contributed by atoms with Crippen LogP contribution < -0.4 is 16.4 Å². The molecule has 1 aliphatic carbocycles. The highest BCUT2D eigenvalue weighted by Gasteiger charge is 2.32. The average molecular weight is 443 g/mol. The van der Waals surface area contributed by atoms with E-state index in [0.29, 0.717) is 22.9 Å². The third-order valence-corrected chi connectivity index (χ3v) is 5.67. The molecular weight excluding hydrogens is 419 g/mol. The molecule has 0 radical (unpaired) electrons. The number of nitrogens with two attached hydrogens (primary N) is 1. The van der Waals surface area contributed by atoms with E-state index in [2.05, 4.69) is 20.6 Å². The lowest BCUT2D eigenvalue weighted by Gasteiger charge is -2.20. The molecule has 1 heterocycles. The molecule has 0 unspecified atom stereocenters. The molecule has 9 heteroatoms. The molecule has 0 saturated carbocycles. The van der Waals surface area contributed by atoms with E-state index in [9.17, 15) is 18.0 Å². The van der Waals surface area contributed by atoms with Gasteiger partial charge in [0.2, 0.25) is 5.91 Å². The fourth-order valence-electron chi connectivity index (χ4n) is 4.25. The number of alkyl halides is 3. The van der Waals surface area contributed by atoms with Gasteiger partial charge in [-0.25, -0.2) is 9.97 Å². The second kappa shape index (κ2) is 7.96. The van der Waals surface area contributed by atoms with Gasteiger partial charge < -0.3 is 16.4 Å². The quantitative estimate of drug-likeness (QED) is 0.485. The van der Waals surface area contributed by atoms with Crippen LogP contribution in [0.3, 0.4) is 0 Å².